The second kappa shape index (κ2) is 4.51. The second-order valence-electron chi connectivity index (χ2n) is 4.20. The number of amidine groups is 1. The molecule has 0 aromatic heterocycles. The normalized spacial score (nSPS) is 28.8. The summed E-state index contributed by atoms with van der Waals surface area (Å²) >= 11 is 0. The highest BCUT2D eigenvalue weighted by atomic mass is 16.5. The van der Waals surface area contributed by atoms with E-state index < -0.39 is 5.60 Å². The van der Waals surface area contributed by atoms with E-state index in [1.165, 1.54) is 0 Å². The Kier molecular flexibility index (Phi) is 3.25. The van der Waals surface area contributed by atoms with Crippen LogP contribution >= 0.6 is 0 Å². The standard InChI is InChI=1S/C11H18N2O3/c1-3-8-9(14)13-10(12-8)11(15-2)4-6-16-7-5-11/h8H,3-7H2,1-2H3,(H,12,13,14). The van der Waals surface area contributed by atoms with Crippen molar-refractivity contribution in [2.24, 2.45) is 4.99 Å². The highest BCUT2D eigenvalue weighted by Crippen LogP contribution is 2.27. The molecule has 1 N–H and O–H groups in total. The third-order valence-electron chi connectivity index (χ3n) is 3.34. The largest absolute Gasteiger partial charge is 0.381 e. The lowest BCUT2D eigenvalue weighted by Crippen LogP contribution is -2.51. The van der Waals surface area contributed by atoms with Crippen molar-refractivity contribution in [3.05, 3.63) is 0 Å². The maximum Gasteiger partial charge on any atom is 0.250 e. The number of hydrogen-bond acceptors (Lipinski definition) is 4. The molecular weight excluding hydrogens is 208 g/mol. The fourth-order valence-electron chi connectivity index (χ4n) is 2.19. The summed E-state index contributed by atoms with van der Waals surface area (Å²) in [5.74, 6) is 0.676. The van der Waals surface area contributed by atoms with Crippen molar-refractivity contribution in [1.29, 1.82) is 0 Å². The Balaban J connectivity index is 2.18. The van der Waals surface area contributed by atoms with Gasteiger partial charge in [-0.1, -0.05) is 6.92 Å². The van der Waals surface area contributed by atoms with Crippen molar-refractivity contribution in [3.8, 4) is 0 Å². The number of ether oxygens (including phenoxy) is 2. The minimum atomic E-state index is -0.447. The number of nitrogens with one attached hydrogen (secondary N) is 1. The first kappa shape index (κ1) is 11.5. The number of aliphatic imine (C=N–C) groups is 1. The van der Waals surface area contributed by atoms with Gasteiger partial charge in [-0.2, -0.15) is 0 Å². The van der Waals surface area contributed by atoms with Crippen molar-refractivity contribution < 1.29 is 14.3 Å². The number of hydrogen-bond donors (Lipinski definition) is 1. The van der Waals surface area contributed by atoms with E-state index in [1.54, 1.807) is 7.11 Å². The third kappa shape index (κ3) is 1.85. The zero-order chi connectivity index (χ0) is 11.6. The van der Waals surface area contributed by atoms with Crippen LogP contribution in [0.25, 0.3) is 0 Å². The van der Waals surface area contributed by atoms with Crippen molar-refractivity contribution in [2.75, 3.05) is 20.3 Å². The molecule has 1 unspecified atom stereocenters. The van der Waals surface area contributed by atoms with Crippen LogP contribution in [0.15, 0.2) is 4.99 Å². The van der Waals surface area contributed by atoms with Gasteiger partial charge in [0.2, 0.25) is 5.91 Å². The molecule has 1 saturated heterocycles. The van der Waals surface area contributed by atoms with Gasteiger partial charge in [0, 0.05) is 33.2 Å². The molecule has 0 aromatic rings. The molecule has 0 saturated carbocycles. The van der Waals surface area contributed by atoms with Crippen LogP contribution in [0.2, 0.25) is 0 Å². The van der Waals surface area contributed by atoms with Gasteiger partial charge < -0.3 is 14.8 Å². The molecule has 0 bridgehead atoms. The van der Waals surface area contributed by atoms with Crippen LogP contribution in [0.3, 0.4) is 0 Å². The van der Waals surface area contributed by atoms with E-state index >= 15 is 0 Å². The quantitative estimate of drug-likeness (QED) is 0.762. The summed E-state index contributed by atoms with van der Waals surface area (Å²) in [5, 5.41) is 2.85. The highest BCUT2D eigenvalue weighted by Gasteiger charge is 2.42. The second-order valence-corrected chi connectivity index (χ2v) is 4.20. The fraction of sp³-hybridized carbons (Fsp3) is 0.818. The van der Waals surface area contributed by atoms with Crippen molar-refractivity contribution in [2.45, 2.75) is 37.8 Å². The van der Waals surface area contributed by atoms with Crippen molar-refractivity contribution >= 4 is 11.7 Å². The average molecular weight is 226 g/mol. The number of nitrogens with zero attached hydrogens (tertiary/aromatic N) is 1. The van der Waals surface area contributed by atoms with Crippen LogP contribution < -0.4 is 5.32 Å². The molecule has 5 heteroatoms. The molecule has 5 nitrogen and oxygen atoms in total. The van der Waals surface area contributed by atoms with Gasteiger partial charge in [-0.05, 0) is 6.42 Å². The first-order valence-corrected chi connectivity index (χ1v) is 5.74. The van der Waals surface area contributed by atoms with Crippen LogP contribution in [0, 0.1) is 0 Å². The monoisotopic (exact) mass is 226 g/mol. The van der Waals surface area contributed by atoms with E-state index in [4.69, 9.17) is 9.47 Å². The summed E-state index contributed by atoms with van der Waals surface area (Å²) in [6.45, 7) is 3.26. The summed E-state index contributed by atoms with van der Waals surface area (Å²) in [5.41, 5.74) is -0.447. The van der Waals surface area contributed by atoms with Gasteiger partial charge in [-0.15, -0.1) is 0 Å². The van der Waals surface area contributed by atoms with E-state index in [2.05, 4.69) is 10.3 Å². The first-order chi connectivity index (χ1) is 7.72. The van der Waals surface area contributed by atoms with Gasteiger partial charge in [0.05, 0.1) is 0 Å². The fourth-order valence-corrected chi connectivity index (χ4v) is 2.19. The van der Waals surface area contributed by atoms with Gasteiger partial charge in [-0.3, -0.25) is 9.79 Å². The summed E-state index contributed by atoms with van der Waals surface area (Å²) in [7, 11) is 1.67. The lowest BCUT2D eigenvalue weighted by atomic mass is 9.92. The molecule has 0 radical (unpaired) electrons. The molecule has 1 fully saturated rings. The Labute approximate surface area is 95.2 Å². The maximum absolute atomic E-state index is 11.6. The van der Waals surface area contributed by atoms with Crippen LogP contribution in [-0.2, 0) is 14.3 Å². The van der Waals surface area contributed by atoms with Gasteiger partial charge in [0.1, 0.15) is 17.5 Å². The van der Waals surface area contributed by atoms with Crippen molar-refractivity contribution in [1.82, 2.24) is 5.32 Å². The molecule has 0 aromatic carbocycles. The Bertz CT molecular complexity index is 308. The summed E-state index contributed by atoms with van der Waals surface area (Å²) < 4.78 is 10.9. The molecule has 1 atom stereocenters. The summed E-state index contributed by atoms with van der Waals surface area (Å²) in [4.78, 5) is 16.0. The van der Waals surface area contributed by atoms with Crippen LogP contribution in [-0.4, -0.2) is 43.7 Å². The van der Waals surface area contributed by atoms with Crippen molar-refractivity contribution in [3.63, 3.8) is 0 Å². The Morgan fingerprint density at radius 1 is 1.56 bits per heavy atom. The smallest absolute Gasteiger partial charge is 0.250 e. The maximum atomic E-state index is 11.6. The predicted molar refractivity (Wildman–Crippen MR) is 59.4 cm³/mol. The third-order valence-corrected chi connectivity index (χ3v) is 3.34. The Morgan fingerprint density at radius 3 is 2.75 bits per heavy atom. The number of methoxy groups -OCH3 is 1. The molecule has 0 aliphatic carbocycles. The number of carbonyl (C=O) groups excluding carboxylic acids is 1. The minimum absolute atomic E-state index is 0.0135. The average Bonchev–Trinajstić information content (AvgIpc) is 2.72. The molecule has 16 heavy (non-hydrogen) atoms. The lowest BCUT2D eigenvalue weighted by molar-refractivity contribution is -0.120. The molecule has 2 heterocycles. The SMILES string of the molecule is CCC1N=C(C2(OC)CCOCC2)NC1=O. The van der Waals surface area contributed by atoms with Gasteiger partial charge in [0.15, 0.2) is 0 Å². The lowest BCUT2D eigenvalue weighted by Gasteiger charge is -2.35. The molecule has 2 aliphatic heterocycles. The van der Waals surface area contributed by atoms with Gasteiger partial charge in [0.25, 0.3) is 0 Å². The van der Waals surface area contributed by atoms with Crippen LogP contribution in [0.4, 0.5) is 0 Å². The van der Waals surface area contributed by atoms with E-state index in [0.29, 0.717) is 19.0 Å². The summed E-state index contributed by atoms with van der Waals surface area (Å²) in [6.07, 6.45) is 2.23. The van der Waals surface area contributed by atoms with E-state index in [0.717, 1.165) is 19.3 Å². The number of carbonyl (C=O) groups is 1. The van der Waals surface area contributed by atoms with E-state index in [9.17, 15) is 4.79 Å². The number of rotatable bonds is 3. The van der Waals surface area contributed by atoms with Gasteiger partial charge in [-0.25, -0.2) is 0 Å². The molecule has 2 rings (SSSR count). The molecule has 90 valence electrons. The molecule has 0 spiro atoms. The topological polar surface area (TPSA) is 59.9 Å². The molecule has 1 amide bonds. The summed E-state index contributed by atoms with van der Waals surface area (Å²) in [6, 6.07) is -0.245. The Hall–Kier alpha value is -0.940. The zero-order valence-corrected chi connectivity index (χ0v) is 9.78. The van der Waals surface area contributed by atoms with E-state index in [-0.39, 0.29) is 11.9 Å². The minimum Gasteiger partial charge on any atom is -0.381 e. The highest BCUT2D eigenvalue weighted by molar-refractivity contribution is 6.09. The number of amides is 1. The molecule has 2 aliphatic rings. The van der Waals surface area contributed by atoms with E-state index in [1.807, 2.05) is 6.92 Å². The first-order valence-electron chi connectivity index (χ1n) is 5.74. The Morgan fingerprint density at radius 2 is 2.25 bits per heavy atom. The predicted octanol–water partition coefficient (Wildman–Crippen LogP) is 0.489. The van der Waals surface area contributed by atoms with Crippen LogP contribution in [0.5, 0.6) is 0 Å². The van der Waals surface area contributed by atoms with Crippen LogP contribution in [0.1, 0.15) is 26.2 Å². The zero-order valence-electron chi connectivity index (χ0n) is 9.78. The van der Waals surface area contributed by atoms with Gasteiger partial charge >= 0.3 is 0 Å². The molecular formula is C11H18N2O3.